The Kier molecular flexibility index (Phi) is 2.75. The van der Waals surface area contributed by atoms with E-state index in [1.165, 1.54) is 38.5 Å². The lowest BCUT2D eigenvalue weighted by Crippen LogP contribution is -2.56. The molecule has 5 aliphatic carbocycles. The van der Waals surface area contributed by atoms with Crippen molar-refractivity contribution in [3.8, 4) is 0 Å². The van der Waals surface area contributed by atoms with Crippen LogP contribution in [0.5, 0.6) is 0 Å². The van der Waals surface area contributed by atoms with Gasteiger partial charge in [-0.15, -0.1) is 0 Å². The van der Waals surface area contributed by atoms with E-state index in [0.717, 1.165) is 24.7 Å². The molecule has 2 heteroatoms. The molecule has 2 nitrogen and oxygen atoms in total. The van der Waals surface area contributed by atoms with Gasteiger partial charge in [-0.25, -0.2) is 0 Å². The maximum atomic E-state index is 12.2. The Morgan fingerprint density at radius 2 is 1.83 bits per heavy atom. The Labute approximate surface area is 140 Å². The van der Waals surface area contributed by atoms with Gasteiger partial charge in [0, 0.05) is 11.3 Å². The zero-order chi connectivity index (χ0) is 16.2. The van der Waals surface area contributed by atoms with Crippen LogP contribution in [0.4, 0.5) is 0 Å². The number of carbonyl (C=O) groups excluding carboxylic acids is 1. The van der Waals surface area contributed by atoms with Crippen LogP contribution in [0.1, 0.15) is 72.1 Å². The third kappa shape index (κ3) is 1.50. The number of Topliss-reactive ketones (excluding diaryl/α,β-unsaturated/α-hetero) is 1. The summed E-state index contributed by atoms with van der Waals surface area (Å²) in [6.07, 6.45) is 9.83. The second-order valence-electron chi connectivity index (χ2n) is 10.3. The van der Waals surface area contributed by atoms with Crippen molar-refractivity contribution in [2.45, 2.75) is 78.2 Å². The summed E-state index contributed by atoms with van der Waals surface area (Å²) in [4.78, 5) is 12.2. The normalized spacial score (nSPS) is 63.0. The smallest absolute Gasteiger partial charge is 0.133 e. The standard InChI is InChI=1S/C21H32O2/c1-12(22)15-4-5-16-14-10-18(23)21-11-13(21)6-9-20(21,3)17(14)7-8-19(15,16)2/h13-18,23H,4-11H2,1-3H3. The van der Waals surface area contributed by atoms with E-state index in [1.807, 2.05) is 6.92 Å². The predicted molar refractivity (Wildman–Crippen MR) is 89.7 cm³/mol. The van der Waals surface area contributed by atoms with Crippen LogP contribution in [0, 0.1) is 45.8 Å². The van der Waals surface area contributed by atoms with Crippen LogP contribution < -0.4 is 0 Å². The summed E-state index contributed by atoms with van der Waals surface area (Å²) >= 11 is 0. The number of hydrogen-bond donors (Lipinski definition) is 1. The molecule has 1 N–H and O–H groups in total. The molecule has 1 spiro atoms. The summed E-state index contributed by atoms with van der Waals surface area (Å²) in [7, 11) is 0. The van der Waals surface area contributed by atoms with Gasteiger partial charge >= 0.3 is 0 Å². The van der Waals surface area contributed by atoms with E-state index in [9.17, 15) is 9.90 Å². The van der Waals surface area contributed by atoms with Crippen LogP contribution in [0.15, 0.2) is 0 Å². The molecule has 128 valence electrons. The summed E-state index contributed by atoms with van der Waals surface area (Å²) in [5.41, 5.74) is 0.894. The van der Waals surface area contributed by atoms with Crippen molar-refractivity contribution in [3.63, 3.8) is 0 Å². The summed E-state index contributed by atoms with van der Waals surface area (Å²) in [5, 5.41) is 11.1. The van der Waals surface area contributed by atoms with Crippen molar-refractivity contribution < 1.29 is 9.90 Å². The van der Waals surface area contributed by atoms with Gasteiger partial charge in [-0.3, -0.25) is 4.79 Å². The van der Waals surface area contributed by atoms with Crippen LogP contribution in [-0.4, -0.2) is 17.0 Å². The second kappa shape index (κ2) is 4.23. The van der Waals surface area contributed by atoms with E-state index < -0.39 is 0 Å². The molecule has 0 saturated heterocycles. The lowest BCUT2D eigenvalue weighted by molar-refractivity contribution is -0.153. The molecule has 9 unspecified atom stereocenters. The highest BCUT2D eigenvalue weighted by atomic mass is 16.3. The van der Waals surface area contributed by atoms with Gasteiger partial charge in [0.05, 0.1) is 6.10 Å². The Morgan fingerprint density at radius 3 is 2.52 bits per heavy atom. The van der Waals surface area contributed by atoms with Crippen LogP contribution in [-0.2, 0) is 4.79 Å². The van der Waals surface area contributed by atoms with Crippen LogP contribution in [0.2, 0.25) is 0 Å². The van der Waals surface area contributed by atoms with Gasteiger partial charge in [0.2, 0.25) is 0 Å². The molecule has 5 rings (SSSR count). The summed E-state index contributed by atoms with van der Waals surface area (Å²) < 4.78 is 0. The molecule has 0 aromatic heterocycles. The number of carbonyl (C=O) groups is 1. The number of aliphatic hydroxyl groups excluding tert-OH is 1. The molecular formula is C21H32O2. The third-order valence-electron chi connectivity index (χ3n) is 10.1. The minimum absolute atomic E-state index is 0.0695. The first-order valence-electron chi connectivity index (χ1n) is 10.0. The Hall–Kier alpha value is -0.370. The zero-order valence-electron chi connectivity index (χ0n) is 15.0. The molecule has 5 saturated carbocycles. The van der Waals surface area contributed by atoms with Gasteiger partial charge in [0.15, 0.2) is 0 Å². The molecular weight excluding hydrogens is 284 g/mol. The first-order valence-corrected chi connectivity index (χ1v) is 10.0. The third-order valence-corrected chi connectivity index (χ3v) is 10.1. The van der Waals surface area contributed by atoms with Crippen molar-refractivity contribution in [1.82, 2.24) is 0 Å². The number of ketones is 1. The molecule has 5 fully saturated rings. The number of aliphatic hydroxyl groups is 1. The molecule has 0 heterocycles. The predicted octanol–water partition coefficient (Wildman–Crippen LogP) is 4.21. The Balaban J connectivity index is 1.52. The fourth-order valence-corrected chi connectivity index (χ4v) is 8.98. The van der Waals surface area contributed by atoms with Crippen LogP contribution in [0.25, 0.3) is 0 Å². The van der Waals surface area contributed by atoms with E-state index >= 15 is 0 Å². The van der Waals surface area contributed by atoms with Crippen molar-refractivity contribution in [3.05, 3.63) is 0 Å². The van der Waals surface area contributed by atoms with Gasteiger partial charge < -0.3 is 5.11 Å². The molecule has 0 aliphatic heterocycles. The number of fused-ring (bicyclic) bond motifs is 4. The molecule has 5 aliphatic rings. The minimum Gasteiger partial charge on any atom is -0.393 e. The van der Waals surface area contributed by atoms with E-state index in [2.05, 4.69) is 13.8 Å². The van der Waals surface area contributed by atoms with Crippen molar-refractivity contribution >= 4 is 5.78 Å². The molecule has 0 bridgehead atoms. The molecule has 0 radical (unpaired) electrons. The zero-order valence-corrected chi connectivity index (χ0v) is 15.0. The van der Waals surface area contributed by atoms with Gasteiger partial charge in [-0.1, -0.05) is 13.8 Å². The lowest BCUT2D eigenvalue weighted by Gasteiger charge is -2.60. The fraction of sp³-hybridized carbons (Fsp3) is 0.952. The Morgan fingerprint density at radius 1 is 1.04 bits per heavy atom. The van der Waals surface area contributed by atoms with Crippen molar-refractivity contribution in [1.29, 1.82) is 0 Å². The van der Waals surface area contributed by atoms with E-state index in [4.69, 9.17) is 0 Å². The topological polar surface area (TPSA) is 37.3 Å². The average Bonchev–Trinajstić information content (AvgIpc) is 3.01. The van der Waals surface area contributed by atoms with Gasteiger partial charge in [-0.05, 0) is 92.8 Å². The summed E-state index contributed by atoms with van der Waals surface area (Å²) in [6.45, 7) is 6.74. The summed E-state index contributed by atoms with van der Waals surface area (Å²) in [6, 6.07) is 0. The average molecular weight is 316 g/mol. The molecule has 0 amide bonds. The van der Waals surface area contributed by atoms with E-state index in [0.29, 0.717) is 28.4 Å². The lowest BCUT2D eigenvalue weighted by atomic mass is 9.45. The fourth-order valence-electron chi connectivity index (χ4n) is 8.98. The maximum Gasteiger partial charge on any atom is 0.133 e. The van der Waals surface area contributed by atoms with Gasteiger partial charge in [-0.2, -0.15) is 0 Å². The van der Waals surface area contributed by atoms with E-state index in [-0.39, 0.29) is 17.4 Å². The quantitative estimate of drug-likeness (QED) is 0.787. The first-order chi connectivity index (χ1) is 10.8. The molecule has 9 atom stereocenters. The molecule has 0 aromatic carbocycles. The van der Waals surface area contributed by atoms with Gasteiger partial charge in [0.25, 0.3) is 0 Å². The van der Waals surface area contributed by atoms with Crippen molar-refractivity contribution in [2.75, 3.05) is 0 Å². The highest BCUT2D eigenvalue weighted by Gasteiger charge is 2.77. The Bertz CT molecular complexity index is 570. The number of rotatable bonds is 1. The largest absolute Gasteiger partial charge is 0.393 e. The second-order valence-corrected chi connectivity index (χ2v) is 10.3. The molecule has 0 aromatic rings. The highest BCUT2D eigenvalue weighted by Crippen LogP contribution is 2.81. The SMILES string of the molecule is CC(=O)C1CCC2C3CC(O)C45CC4CCC5(C)C3CCC12C. The number of hydrogen-bond acceptors (Lipinski definition) is 2. The van der Waals surface area contributed by atoms with Crippen LogP contribution >= 0.6 is 0 Å². The summed E-state index contributed by atoms with van der Waals surface area (Å²) in [5.74, 6) is 3.68. The van der Waals surface area contributed by atoms with Crippen molar-refractivity contribution in [2.24, 2.45) is 45.8 Å². The van der Waals surface area contributed by atoms with Gasteiger partial charge in [0.1, 0.15) is 5.78 Å². The highest BCUT2D eigenvalue weighted by molar-refractivity contribution is 5.79. The maximum absolute atomic E-state index is 12.2. The monoisotopic (exact) mass is 316 g/mol. The minimum atomic E-state index is -0.0695. The molecule has 23 heavy (non-hydrogen) atoms. The van der Waals surface area contributed by atoms with Crippen LogP contribution in [0.3, 0.4) is 0 Å². The van der Waals surface area contributed by atoms with E-state index in [1.54, 1.807) is 0 Å². The first kappa shape index (κ1) is 14.9.